The van der Waals surface area contributed by atoms with E-state index in [-0.39, 0.29) is 5.60 Å². The summed E-state index contributed by atoms with van der Waals surface area (Å²) >= 11 is 0. The predicted molar refractivity (Wildman–Crippen MR) is 85.9 cm³/mol. The van der Waals surface area contributed by atoms with E-state index in [0.717, 1.165) is 70.2 Å². The summed E-state index contributed by atoms with van der Waals surface area (Å²) in [6, 6.07) is 4.14. The molecule has 0 N–H and O–H groups in total. The summed E-state index contributed by atoms with van der Waals surface area (Å²) in [5.74, 6) is 2.75. The second-order valence-corrected chi connectivity index (χ2v) is 6.67. The Morgan fingerprint density at radius 2 is 2.14 bits per heavy atom. The third-order valence-electron chi connectivity index (χ3n) is 5.29. The maximum absolute atomic E-state index is 6.22. The normalized spacial score (nSPS) is 25.1. The Labute approximate surface area is 133 Å². The predicted octanol–water partition coefficient (Wildman–Crippen LogP) is 3.39. The highest BCUT2D eigenvalue weighted by Crippen LogP contribution is 2.42. The van der Waals surface area contributed by atoms with Crippen LogP contribution in [0.25, 0.3) is 0 Å². The van der Waals surface area contributed by atoms with Gasteiger partial charge in [0.2, 0.25) is 0 Å². The van der Waals surface area contributed by atoms with Crippen LogP contribution >= 0.6 is 0 Å². The van der Waals surface area contributed by atoms with Crippen molar-refractivity contribution >= 4 is 0 Å². The Morgan fingerprint density at radius 3 is 2.82 bits per heavy atom. The van der Waals surface area contributed by atoms with Gasteiger partial charge in [-0.05, 0) is 57.6 Å². The standard InChI is InChI=1S/C18H29NO3/c1-3-20-12-6-16-7-13-21-18(16)8-10-19(11-9-18)14-17-5-4-15(2)22-17/h4-5,16H,3,6-14H2,1-2H3. The molecular formula is C18H29NO3. The molecule has 1 atom stereocenters. The topological polar surface area (TPSA) is 34.8 Å². The van der Waals surface area contributed by atoms with Crippen molar-refractivity contribution in [2.75, 3.05) is 32.9 Å². The summed E-state index contributed by atoms with van der Waals surface area (Å²) in [6.45, 7) is 9.82. The van der Waals surface area contributed by atoms with E-state index in [0.29, 0.717) is 5.92 Å². The molecule has 0 aliphatic carbocycles. The van der Waals surface area contributed by atoms with Crippen molar-refractivity contribution < 1.29 is 13.9 Å². The van der Waals surface area contributed by atoms with Crippen molar-refractivity contribution in [1.82, 2.24) is 4.90 Å². The number of piperidine rings is 1. The van der Waals surface area contributed by atoms with Gasteiger partial charge in [-0.1, -0.05) is 0 Å². The minimum Gasteiger partial charge on any atom is -0.465 e. The Kier molecular flexibility index (Phi) is 5.21. The van der Waals surface area contributed by atoms with Gasteiger partial charge in [0.15, 0.2) is 0 Å². The van der Waals surface area contributed by atoms with Gasteiger partial charge in [0, 0.05) is 32.9 Å². The number of nitrogens with zero attached hydrogens (tertiary/aromatic N) is 1. The number of hydrogen-bond acceptors (Lipinski definition) is 4. The van der Waals surface area contributed by atoms with E-state index in [1.807, 2.05) is 13.0 Å². The molecule has 4 nitrogen and oxygen atoms in total. The molecule has 0 radical (unpaired) electrons. The summed E-state index contributed by atoms with van der Waals surface area (Å²) in [5.41, 5.74) is 0.118. The molecule has 1 aromatic heterocycles. The van der Waals surface area contributed by atoms with E-state index >= 15 is 0 Å². The van der Waals surface area contributed by atoms with E-state index < -0.39 is 0 Å². The second kappa shape index (κ2) is 7.16. The van der Waals surface area contributed by atoms with Crippen LogP contribution < -0.4 is 0 Å². The van der Waals surface area contributed by atoms with Crippen LogP contribution in [-0.2, 0) is 16.0 Å². The molecule has 0 bridgehead atoms. The third kappa shape index (κ3) is 3.55. The van der Waals surface area contributed by atoms with Crippen molar-refractivity contribution in [3.05, 3.63) is 23.7 Å². The van der Waals surface area contributed by atoms with Crippen LogP contribution in [0.5, 0.6) is 0 Å². The van der Waals surface area contributed by atoms with Gasteiger partial charge < -0.3 is 13.9 Å². The summed E-state index contributed by atoms with van der Waals surface area (Å²) in [5, 5.41) is 0. The van der Waals surface area contributed by atoms with Crippen LogP contribution in [0.15, 0.2) is 16.5 Å². The Balaban J connectivity index is 1.51. The van der Waals surface area contributed by atoms with Crippen molar-refractivity contribution in [2.45, 2.75) is 51.7 Å². The van der Waals surface area contributed by atoms with Crippen molar-refractivity contribution in [3.63, 3.8) is 0 Å². The molecule has 2 aliphatic rings. The van der Waals surface area contributed by atoms with Crippen molar-refractivity contribution in [1.29, 1.82) is 0 Å². The van der Waals surface area contributed by atoms with Crippen LogP contribution in [0.4, 0.5) is 0 Å². The first-order valence-corrected chi connectivity index (χ1v) is 8.71. The van der Waals surface area contributed by atoms with Gasteiger partial charge >= 0.3 is 0 Å². The first-order valence-electron chi connectivity index (χ1n) is 8.71. The Hall–Kier alpha value is -0.840. The zero-order valence-electron chi connectivity index (χ0n) is 14.0. The van der Waals surface area contributed by atoms with Crippen LogP contribution in [-0.4, -0.2) is 43.4 Å². The molecule has 0 saturated carbocycles. The monoisotopic (exact) mass is 307 g/mol. The largest absolute Gasteiger partial charge is 0.465 e. The van der Waals surface area contributed by atoms with Gasteiger partial charge in [0.1, 0.15) is 11.5 Å². The molecule has 0 amide bonds. The van der Waals surface area contributed by atoms with E-state index in [4.69, 9.17) is 13.9 Å². The first kappa shape index (κ1) is 16.0. The minimum absolute atomic E-state index is 0.118. The molecule has 4 heteroatoms. The Bertz CT molecular complexity index is 463. The second-order valence-electron chi connectivity index (χ2n) is 6.67. The molecule has 2 saturated heterocycles. The van der Waals surface area contributed by atoms with E-state index in [1.165, 1.54) is 6.42 Å². The number of ether oxygens (including phenoxy) is 2. The number of hydrogen-bond donors (Lipinski definition) is 0. The molecule has 1 spiro atoms. The summed E-state index contributed by atoms with van der Waals surface area (Å²) in [7, 11) is 0. The van der Waals surface area contributed by atoms with Gasteiger partial charge in [-0.3, -0.25) is 4.90 Å². The van der Waals surface area contributed by atoms with Gasteiger partial charge in [-0.2, -0.15) is 0 Å². The molecule has 1 aromatic rings. The lowest BCUT2D eigenvalue weighted by Crippen LogP contribution is -2.47. The number of rotatable bonds is 6. The molecule has 22 heavy (non-hydrogen) atoms. The van der Waals surface area contributed by atoms with Gasteiger partial charge in [0.05, 0.1) is 12.1 Å². The lowest BCUT2D eigenvalue weighted by atomic mass is 9.78. The third-order valence-corrected chi connectivity index (χ3v) is 5.29. The summed E-state index contributed by atoms with van der Waals surface area (Å²) in [6.07, 6.45) is 4.63. The maximum atomic E-state index is 6.22. The van der Waals surface area contributed by atoms with Crippen LogP contribution in [0, 0.1) is 12.8 Å². The van der Waals surface area contributed by atoms with E-state index in [2.05, 4.69) is 17.9 Å². The highest BCUT2D eigenvalue weighted by Gasteiger charge is 2.45. The molecule has 3 rings (SSSR count). The fourth-order valence-electron chi connectivity index (χ4n) is 4.00. The number of aryl methyl sites for hydroxylation is 1. The van der Waals surface area contributed by atoms with Crippen LogP contribution in [0.1, 0.15) is 44.1 Å². The maximum Gasteiger partial charge on any atom is 0.118 e. The van der Waals surface area contributed by atoms with Crippen LogP contribution in [0.3, 0.4) is 0 Å². The molecular weight excluding hydrogens is 278 g/mol. The fraction of sp³-hybridized carbons (Fsp3) is 0.778. The SMILES string of the molecule is CCOCCC1CCOC12CCN(Cc1ccc(C)o1)CC2. The average Bonchev–Trinajstić information content (AvgIpc) is 3.09. The van der Waals surface area contributed by atoms with Gasteiger partial charge in [-0.15, -0.1) is 0 Å². The highest BCUT2D eigenvalue weighted by molar-refractivity contribution is 5.06. The quantitative estimate of drug-likeness (QED) is 0.755. The Morgan fingerprint density at radius 1 is 1.32 bits per heavy atom. The molecule has 1 unspecified atom stereocenters. The van der Waals surface area contributed by atoms with Gasteiger partial charge in [0.25, 0.3) is 0 Å². The molecule has 3 heterocycles. The lowest BCUT2D eigenvalue weighted by Gasteiger charge is -2.42. The zero-order chi connectivity index (χ0) is 15.4. The summed E-state index contributed by atoms with van der Waals surface area (Å²) < 4.78 is 17.5. The van der Waals surface area contributed by atoms with Gasteiger partial charge in [-0.25, -0.2) is 0 Å². The van der Waals surface area contributed by atoms with E-state index in [9.17, 15) is 0 Å². The molecule has 0 aromatic carbocycles. The number of furan rings is 1. The van der Waals surface area contributed by atoms with Crippen molar-refractivity contribution in [2.24, 2.45) is 5.92 Å². The zero-order valence-corrected chi connectivity index (χ0v) is 14.0. The van der Waals surface area contributed by atoms with Crippen molar-refractivity contribution in [3.8, 4) is 0 Å². The van der Waals surface area contributed by atoms with E-state index in [1.54, 1.807) is 0 Å². The average molecular weight is 307 g/mol. The minimum atomic E-state index is 0.118. The van der Waals surface area contributed by atoms with Crippen LogP contribution in [0.2, 0.25) is 0 Å². The number of likely N-dealkylation sites (tertiary alicyclic amines) is 1. The lowest BCUT2D eigenvalue weighted by molar-refractivity contribution is -0.0734. The molecule has 2 fully saturated rings. The first-order chi connectivity index (χ1) is 10.7. The summed E-state index contributed by atoms with van der Waals surface area (Å²) in [4.78, 5) is 2.49. The smallest absolute Gasteiger partial charge is 0.118 e. The highest BCUT2D eigenvalue weighted by atomic mass is 16.5. The molecule has 124 valence electrons. The fourth-order valence-corrected chi connectivity index (χ4v) is 4.00. The molecule has 2 aliphatic heterocycles.